The van der Waals surface area contributed by atoms with Crippen molar-refractivity contribution >= 4 is 0 Å². The number of imidazole rings is 1. The fourth-order valence-corrected chi connectivity index (χ4v) is 3.59. The first-order chi connectivity index (χ1) is 12.0. The van der Waals surface area contributed by atoms with Crippen molar-refractivity contribution < 1.29 is 0 Å². The summed E-state index contributed by atoms with van der Waals surface area (Å²) in [7, 11) is 0. The number of fused-ring (bicyclic) bond motifs is 2. The second-order valence-corrected chi connectivity index (χ2v) is 7.68. The second kappa shape index (κ2) is 8.15. The molecule has 0 spiro atoms. The summed E-state index contributed by atoms with van der Waals surface area (Å²) in [4.78, 5) is 9.29. The minimum Gasteiger partial charge on any atom is -0.333 e. The molecule has 3 heterocycles. The topological polar surface area (TPSA) is 24.3 Å². The molecule has 4 rings (SSSR count). The van der Waals surface area contributed by atoms with Crippen molar-refractivity contribution in [2.45, 2.75) is 65.8 Å². The third kappa shape index (κ3) is 4.50. The normalized spacial score (nSPS) is 17.8. The van der Waals surface area contributed by atoms with Gasteiger partial charge in [0.2, 0.25) is 0 Å². The zero-order valence-corrected chi connectivity index (χ0v) is 16.2. The Kier molecular flexibility index (Phi) is 5.92. The maximum absolute atomic E-state index is 4.31. The van der Waals surface area contributed by atoms with Crippen LogP contribution in [-0.4, -0.2) is 44.5 Å². The van der Waals surface area contributed by atoms with Gasteiger partial charge in [-0.2, -0.15) is 0 Å². The van der Waals surface area contributed by atoms with Crippen molar-refractivity contribution in [2.75, 3.05) is 13.1 Å². The Balaban J connectivity index is 0.000000146. The highest BCUT2D eigenvalue weighted by molar-refractivity contribution is 5.29. The van der Waals surface area contributed by atoms with Crippen molar-refractivity contribution in [3.05, 3.63) is 53.6 Å². The first-order valence-corrected chi connectivity index (χ1v) is 9.59. The number of aromatic nitrogens is 2. The van der Waals surface area contributed by atoms with Gasteiger partial charge < -0.3 is 4.57 Å². The molecular weight excluding hydrogens is 308 g/mol. The quantitative estimate of drug-likeness (QED) is 0.835. The molecule has 1 aromatic carbocycles. The van der Waals surface area contributed by atoms with Crippen molar-refractivity contribution in [1.29, 1.82) is 0 Å². The van der Waals surface area contributed by atoms with E-state index in [2.05, 4.69) is 77.5 Å². The Hall–Kier alpha value is -1.65. The molecule has 2 aliphatic rings. The summed E-state index contributed by atoms with van der Waals surface area (Å²) in [6, 6.07) is 10.1. The lowest BCUT2D eigenvalue weighted by Gasteiger charge is -2.31. The number of hydrogen-bond acceptors (Lipinski definition) is 3. The van der Waals surface area contributed by atoms with Gasteiger partial charge in [0.05, 0.1) is 6.54 Å². The molecule has 0 unspecified atom stereocenters. The molecule has 0 bridgehead atoms. The average molecular weight is 341 g/mol. The second-order valence-electron chi connectivity index (χ2n) is 7.68. The first kappa shape index (κ1) is 18.2. The monoisotopic (exact) mass is 340 g/mol. The van der Waals surface area contributed by atoms with E-state index in [1.807, 2.05) is 6.20 Å². The van der Waals surface area contributed by atoms with Gasteiger partial charge in [-0.3, -0.25) is 9.80 Å². The van der Waals surface area contributed by atoms with Gasteiger partial charge in [-0.1, -0.05) is 24.3 Å². The molecule has 25 heavy (non-hydrogen) atoms. The van der Waals surface area contributed by atoms with E-state index in [1.54, 1.807) is 5.56 Å². The van der Waals surface area contributed by atoms with Gasteiger partial charge in [0.1, 0.15) is 5.82 Å². The molecule has 0 saturated carbocycles. The van der Waals surface area contributed by atoms with Crippen molar-refractivity contribution in [3.63, 3.8) is 0 Å². The van der Waals surface area contributed by atoms with Crippen LogP contribution in [0.3, 0.4) is 0 Å². The third-order valence-electron chi connectivity index (χ3n) is 5.40. The average Bonchev–Trinajstić information content (AvgIpc) is 3.09. The summed E-state index contributed by atoms with van der Waals surface area (Å²) in [5.74, 6) is 1.20. The van der Waals surface area contributed by atoms with Crippen LogP contribution >= 0.6 is 0 Å². The van der Waals surface area contributed by atoms with Crippen molar-refractivity contribution in [3.8, 4) is 0 Å². The van der Waals surface area contributed by atoms with Gasteiger partial charge in [0.15, 0.2) is 0 Å². The lowest BCUT2D eigenvalue weighted by molar-refractivity contribution is 0.173. The predicted octanol–water partition coefficient (Wildman–Crippen LogP) is 3.56. The lowest BCUT2D eigenvalue weighted by atomic mass is 9.99. The van der Waals surface area contributed by atoms with Crippen LogP contribution in [0.15, 0.2) is 36.7 Å². The molecule has 0 radical (unpaired) electrons. The Bertz CT molecular complexity index is 674. The maximum atomic E-state index is 4.31. The number of benzene rings is 1. The van der Waals surface area contributed by atoms with E-state index in [0.717, 1.165) is 26.2 Å². The van der Waals surface area contributed by atoms with Gasteiger partial charge in [0, 0.05) is 50.7 Å². The fourth-order valence-electron chi connectivity index (χ4n) is 3.59. The highest BCUT2D eigenvalue weighted by atomic mass is 15.2. The summed E-state index contributed by atoms with van der Waals surface area (Å²) in [5, 5.41) is 0. The van der Waals surface area contributed by atoms with E-state index in [4.69, 9.17) is 0 Å². The van der Waals surface area contributed by atoms with Gasteiger partial charge in [-0.05, 0) is 45.2 Å². The third-order valence-corrected chi connectivity index (χ3v) is 5.40. The van der Waals surface area contributed by atoms with Crippen LogP contribution in [0.1, 0.15) is 44.6 Å². The molecule has 0 N–H and O–H groups in total. The van der Waals surface area contributed by atoms with Crippen LogP contribution in [0.4, 0.5) is 0 Å². The summed E-state index contributed by atoms with van der Waals surface area (Å²) in [5.41, 5.74) is 3.06. The van der Waals surface area contributed by atoms with Gasteiger partial charge in [0.25, 0.3) is 0 Å². The van der Waals surface area contributed by atoms with Gasteiger partial charge >= 0.3 is 0 Å². The first-order valence-electron chi connectivity index (χ1n) is 9.59. The van der Waals surface area contributed by atoms with Gasteiger partial charge in [-0.25, -0.2) is 4.98 Å². The highest BCUT2D eigenvalue weighted by Gasteiger charge is 2.18. The summed E-state index contributed by atoms with van der Waals surface area (Å²) >= 11 is 0. The molecule has 0 aliphatic carbocycles. The number of rotatable bonds is 2. The van der Waals surface area contributed by atoms with E-state index in [0.29, 0.717) is 12.1 Å². The van der Waals surface area contributed by atoms with Crippen LogP contribution in [-0.2, 0) is 26.1 Å². The van der Waals surface area contributed by atoms with E-state index in [-0.39, 0.29) is 0 Å². The van der Waals surface area contributed by atoms with E-state index >= 15 is 0 Å². The number of hydrogen-bond donors (Lipinski definition) is 0. The maximum Gasteiger partial charge on any atom is 0.122 e. The number of nitrogens with zero attached hydrogens (tertiary/aromatic N) is 4. The lowest BCUT2D eigenvalue weighted by Crippen LogP contribution is -2.38. The van der Waals surface area contributed by atoms with Crippen LogP contribution in [0.2, 0.25) is 0 Å². The fraction of sp³-hybridized carbons (Fsp3) is 0.571. The largest absolute Gasteiger partial charge is 0.333 e. The Morgan fingerprint density at radius 2 is 1.52 bits per heavy atom. The molecule has 1 aromatic heterocycles. The van der Waals surface area contributed by atoms with Crippen LogP contribution in [0, 0.1) is 0 Å². The molecule has 4 nitrogen and oxygen atoms in total. The summed E-state index contributed by atoms with van der Waals surface area (Å²) < 4.78 is 2.24. The van der Waals surface area contributed by atoms with Crippen molar-refractivity contribution in [2.24, 2.45) is 0 Å². The SMILES string of the molecule is CC(C)N1CCc2ccccc2C1.CC(C)N1CCn2ccnc2C1. The zero-order valence-electron chi connectivity index (χ0n) is 16.2. The minimum atomic E-state index is 0.635. The zero-order chi connectivity index (χ0) is 17.8. The molecular formula is C21H32N4. The smallest absolute Gasteiger partial charge is 0.122 e. The standard InChI is InChI=1S/C12H17N.C9H15N3/c1-10(2)13-8-7-11-5-3-4-6-12(11)9-13;1-8(2)12-6-5-11-4-3-10-9(11)7-12/h3-6,10H,7-9H2,1-2H3;3-4,8H,5-7H2,1-2H3. The van der Waals surface area contributed by atoms with Crippen LogP contribution < -0.4 is 0 Å². The Morgan fingerprint density at radius 3 is 2.24 bits per heavy atom. The summed E-state index contributed by atoms with van der Waals surface area (Å²) in [6.07, 6.45) is 5.17. The van der Waals surface area contributed by atoms with Crippen LogP contribution in [0.25, 0.3) is 0 Å². The predicted molar refractivity (Wildman–Crippen MR) is 103 cm³/mol. The molecule has 2 aliphatic heterocycles. The molecule has 4 heteroatoms. The molecule has 0 saturated heterocycles. The Morgan fingerprint density at radius 1 is 0.840 bits per heavy atom. The van der Waals surface area contributed by atoms with Crippen molar-refractivity contribution in [1.82, 2.24) is 19.4 Å². The molecule has 0 atom stereocenters. The van der Waals surface area contributed by atoms with E-state index < -0.39 is 0 Å². The molecule has 0 amide bonds. The summed E-state index contributed by atoms with van der Waals surface area (Å²) in [6.45, 7) is 14.6. The van der Waals surface area contributed by atoms with Gasteiger partial charge in [-0.15, -0.1) is 0 Å². The van der Waals surface area contributed by atoms with Crippen LogP contribution in [0.5, 0.6) is 0 Å². The minimum absolute atomic E-state index is 0.635. The van der Waals surface area contributed by atoms with E-state index in [1.165, 1.54) is 24.4 Å². The molecule has 2 aromatic rings. The highest BCUT2D eigenvalue weighted by Crippen LogP contribution is 2.19. The molecule has 136 valence electrons. The van der Waals surface area contributed by atoms with E-state index in [9.17, 15) is 0 Å². The Labute approximate surface area is 152 Å². The molecule has 0 fully saturated rings.